The van der Waals surface area contributed by atoms with Crippen molar-refractivity contribution in [3.05, 3.63) is 72.4 Å². The van der Waals surface area contributed by atoms with E-state index in [1.807, 2.05) is 35.0 Å². The minimum Gasteiger partial charge on any atom is -0.465 e. The molecule has 1 aliphatic heterocycles. The largest absolute Gasteiger partial charge is 0.465 e. The number of nitrogens with one attached hydrogen (secondary N) is 1. The summed E-state index contributed by atoms with van der Waals surface area (Å²) in [5, 5.41) is 15.0. The van der Waals surface area contributed by atoms with Crippen molar-refractivity contribution < 1.29 is 18.3 Å². The first-order chi connectivity index (χ1) is 17.3. The van der Waals surface area contributed by atoms with Gasteiger partial charge in [-0.15, -0.1) is 0 Å². The number of carboxylic acid groups (broad SMARTS) is 1. The minimum absolute atomic E-state index is 0.112. The van der Waals surface area contributed by atoms with Crippen LogP contribution in [0.15, 0.2) is 71.8 Å². The van der Waals surface area contributed by atoms with E-state index in [1.54, 1.807) is 36.5 Å². The molecule has 0 saturated carbocycles. The van der Waals surface area contributed by atoms with Crippen LogP contribution in [-0.2, 0) is 16.6 Å². The van der Waals surface area contributed by atoms with Crippen molar-refractivity contribution in [2.45, 2.75) is 30.3 Å². The maximum atomic E-state index is 12.5. The van der Waals surface area contributed by atoms with Crippen LogP contribution in [0.25, 0.3) is 22.2 Å². The first-order valence-electron chi connectivity index (χ1n) is 11.6. The van der Waals surface area contributed by atoms with Crippen LogP contribution in [0.3, 0.4) is 0 Å². The van der Waals surface area contributed by atoms with E-state index in [4.69, 9.17) is 10.8 Å². The number of nitrogen functional groups attached to an aromatic ring is 1. The number of amides is 1. The molecule has 2 aromatic heterocycles. The number of nitrogens with zero attached hydrogens (tertiary/aromatic N) is 4. The standard InChI is InChI=1S/C25H26N6O4S/c26-24-22-21(12-13-27-24)31(19-5-4-14-30(16-19)25(32)33)29-23(22)18-10-8-17(9-11-18)15-28-36(34,35)20-6-2-1-3-7-20/h1-3,6-13,19,28H,4-5,14-16H2,(H2,26,27)(H,32,33)/t19-/m1/s1. The normalized spacial score (nSPS) is 16.3. The summed E-state index contributed by atoms with van der Waals surface area (Å²) in [6.45, 7) is 1.01. The van der Waals surface area contributed by atoms with Gasteiger partial charge in [0.05, 0.1) is 21.8 Å². The highest BCUT2D eigenvalue weighted by Crippen LogP contribution is 2.34. The summed E-state index contributed by atoms with van der Waals surface area (Å²) in [6, 6.07) is 17.4. The van der Waals surface area contributed by atoms with Crippen LogP contribution in [0, 0.1) is 0 Å². The Bertz CT molecular complexity index is 1500. The lowest BCUT2D eigenvalue weighted by atomic mass is 10.1. The predicted octanol–water partition coefficient (Wildman–Crippen LogP) is 3.47. The van der Waals surface area contributed by atoms with Gasteiger partial charge in [0.25, 0.3) is 0 Å². The summed E-state index contributed by atoms with van der Waals surface area (Å²) >= 11 is 0. The first kappa shape index (κ1) is 23.8. The highest BCUT2D eigenvalue weighted by molar-refractivity contribution is 7.89. The van der Waals surface area contributed by atoms with Crippen LogP contribution in [0.1, 0.15) is 24.4 Å². The summed E-state index contributed by atoms with van der Waals surface area (Å²) < 4.78 is 29.5. The molecule has 0 radical (unpaired) electrons. The number of aromatic nitrogens is 3. The molecule has 5 rings (SSSR count). The second-order valence-electron chi connectivity index (χ2n) is 8.74. The van der Waals surface area contributed by atoms with E-state index >= 15 is 0 Å². The van der Waals surface area contributed by atoms with Crippen LogP contribution in [0.5, 0.6) is 0 Å². The molecule has 0 bridgehead atoms. The van der Waals surface area contributed by atoms with Gasteiger partial charge in [0.2, 0.25) is 10.0 Å². The Kier molecular flexibility index (Phi) is 6.33. The average molecular weight is 507 g/mol. The van der Waals surface area contributed by atoms with Crippen molar-refractivity contribution in [3.63, 3.8) is 0 Å². The number of sulfonamides is 1. The molecular formula is C25H26N6O4S. The maximum Gasteiger partial charge on any atom is 0.407 e. The quantitative estimate of drug-likeness (QED) is 0.363. The minimum atomic E-state index is -3.61. The number of likely N-dealkylation sites (tertiary alicyclic amines) is 1. The summed E-state index contributed by atoms with van der Waals surface area (Å²) in [6.07, 6.45) is 2.25. The number of rotatable bonds is 6. The van der Waals surface area contributed by atoms with Gasteiger partial charge in [-0.3, -0.25) is 4.68 Å². The Morgan fingerprint density at radius 3 is 2.58 bits per heavy atom. The topological polar surface area (TPSA) is 143 Å². The fourth-order valence-corrected chi connectivity index (χ4v) is 5.60. The number of hydrogen-bond acceptors (Lipinski definition) is 6. The number of fused-ring (bicyclic) bond motifs is 1. The Morgan fingerprint density at radius 1 is 1.11 bits per heavy atom. The molecule has 1 fully saturated rings. The molecule has 1 atom stereocenters. The van der Waals surface area contributed by atoms with E-state index in [9.17, 15) is 18.3 Å². The number of nitrogens with two attached hydrogens (primary N) is 1. The van der Waals surface area contributed by atoms with Gasteiger partial charge >= 0.3 is 6.09 Å². The molecule has 10 nitrogen and oxygen atoms in total. The van der Waals surface area contributed by atoms with Crippen LogP contribution in [-0.4, -0.2) is 52.4 Å². The molecule has 186 valence electrons. The van der Waals surface area contributed by atoms with Crippen molar-refractivity contribution in [2.24, 2.45) is 0 Å². The summed E-state index contributed by atoms with van der Waals surface area (Å²) in [5.41, 5.74) is 9.29. The van der Waals surface area contributed by atoms with Crippen molar-refractivity contribution >= 4 is 32.8 Å². The number of benzene rings is 2. The van der Waals surface area contributed by atoms with Crippen LogP contribution >= 0.6 is 0 Å². The number of pyridine rings is 1. The maximum absolute atomic E-state index is 12.5. The number of carbonyl (C=O) groups is 1. The average Bonchev–Trinajstić information content (AvgIpc) is 3.29. The third kappa shape index (κ3) is 4.62. The number of piperidine rings is 1. The Labute approximate surface area is 208 Å². The smallest absolute Gasteiger partial charge is 0.407 e. The molecular weight excluding hydrogens is 480 g/mol. The van der Waals surface area contributed by atoms with E-state index in [-0.39, 0.29) is 17.5 Å². The molecule has 4 N–H and O–H groups in total. The van der Waals surface area contributed by atoms with Gasteiger partial charge in [0.15, 0.2) is 0 Å². The van der Waals surface area contributed by atoms with Gasteiger partial charge in [0.1, 0.15) is 11.5 Å². The SMILES string of the molecule is Nc1nccc2c1c(-c1ccc(CNS(=O)(=O)c3ccccc3)cc1)nn2[C@@H]1CCCN(C(=O)O)C1. The number of hydrogen-bond donors (Lipinski definition) is 3. The van der Waals surface area contributed by atoms with E-state index in [0.717, 1.165) is 29.5 Å². The second kappa shape index (κ2) is 9.59. The molecule has 0 aliphatic carbocycles. The molecule has 0 spiro atoms. The lowest BCUT2D eigenvalue weighted by Crippen LogP contribution is -2.40. The fraction of sp³-hybridized carbons (Fsp3) is 0.240. The Morgan fingerprint density at radius 2 is 1.86 bits per heavy atom. The van der Waals surface area contributed by atoms with Crippen LogP contribution < -0.4 is 10.5 Å². The van der Waals surface area contributed by atoms with Crippen molar-refractivity contribution in [1.82, 2.24) is 24.4 Å². The van der Waals surface area contributed by atoms with E-state index in [0.29, 0.717) is 30.0 Å². The Balaban J connectivity index is 1.42. The van der Waals surface area contributed by atoms with E-state index < -0.39 is 16.1 Å². The molecule has 1 amide bonds. The van der Waals surface area contributed by atoms with E-state index in [1.165, 1.54) is 4.90 Å². The number of anilines is 1. The fourth-order valence-electron chi connectivity index (χ4n) is 4.56. The molecule has 3 heterocycles. The lowest BCUT2D eigenvalue weighted by Gasteiger charge is -2.31. The van der Waals surface area contributed by atoms with Gasteiger partial charge in [-0.25, -0.2) is 22.9 Å². The highest BCUT2D eigenvalue weighted by atomic mass is 32.2. The molecule has 1 saturated heterocycles. The van der Waals surface area contributed by atoms with Crippen molar-refractivity contribution in [2.75, 3.05) is 18.8 Å². The third-order valence-corrected chi connectivity index (χ3v) is 7.83. The monoisotopic (exact) mass is 506 g/mol. The Hall–Kier alpha value is -3.96. The molecule has 0 unspecified atom stereocenters. The third-order valence-electron chi connectivity index (χ3n) is 6.41. The van der Waals surface area contributed by atoms with Gasteiger partial charge in [-0.2, -0.15) is 5.10 Å². The van der Waals surface area contributed by atoms with Gasteiger partial charge < -0.3 is 15.7 Å². The summed E-state index contributed by atoms with van der Waals surface area (Å²) in [4.78, 5) is 17.4. The zero-order valence-corrected chi connectivity index (χ0v) is 20.2. The summed E-state index contributed by atoms with van der Waals surface area (Å²) in [5.74, 6) is 0.347. The van der Waals surface area contributed by atoms with Gasteiger partial charge in [-0.1, -0.05) is 42.5 Å². The highest BCUT2D eigenvalue weighted by Gasteiger charge is 2.28. The van der Waals surface area contributed by atoms with E-state index in [2.05, 4.69) is 9.71 Å². The lowest BCUT2D eigenvalue weighted by molar-refractivity contribution is 0.120. The molecule has 11 heteroatoms. The molecule has 1 aliphatic rings. The zero-order valence-electron chi connectivity index (χ0n) is 19.4. The molecule has 36 heavy (non-hydrogen) atoms. The van der Waals surface area contributed by atoms with Gasteiger partial charge in [0, 0.05) is 31.4 Å². The van der Waals surface area contributed by atoms with Crippen LogP contribution in [0.2, 0.25) is 0 Å². The van der Waals surface area contributed by atoms with Crippen molar-refractivity contribution in [3.8, 4) is 11.3 Å². The molecule has 4 aromatic rings. The summed E-state index contributed by atoms with van der Waals surface area (Å²) in [7, 11) is -3.61. The predicted molar refractivity (Wildman–Crippen MR) is 136 cm³/mol. The van der Waals surface area contributed by atoms with Crippen molar-refractivity contribution in [1.29, 1.82) is 0 Å². The second-order valence-corrected chi connectivity index (χ2v) is 10.5. The van der Waals surface area contributed by atoms with Gasteiger partial charge in [-0.05, 0) is 36.6 Å². The van der Waals surface area contributed by atoms with Crippen LogP contribution in [0.4, 0.5) is 10.6 Å². The zero-order chi connectivity index (χ0) is 25.3. The first-order valence-corrected chi connectivity index (χ1v) is 13.1. The molecule has 2 aromatic carbocycles.